The number of phenols is 1. The highest BCUT2D eigenvalue weighted by Gasteiger charge is 2.41. The Hall–Kier alpha value is -12.9. The number of aliphatic hydroxyl groups is 1. The number of hydrogen-bond donors (Lipinski definition) is 23. The first-order valence-corrected chi connectivity index (χ1v) is 44.8. The fourth-order valence-corrected chi connectivity index (χ4v) is 16.6. The minimum atomic E-state index is -2.06. The molecular weight excluding hydrogens is 1730 g/mol. The van der Waals surface area contributed by atoms with Crippen LogP contribution in [0.25, 0.3) is 21.8 Å². The number of nitrogens with zero attached hydrogens (tertiary/aromatic N) is 4. The van der Waals surface area contributed by atoms with Gasteiger partial charge in [-0.25, -0.2) is 4.98 Å². The van der Waals surface area contributed by atoms with Gasteiger partial charge in [-0.1, -0.05) is 125 Å². The summed E-state index contributed by atoms with van der Waals surface area (Å²) in [4.78, 5) is 238. The zero-order valence-electron chi connectivity index (χ0n) is 74.4. The average molecular weight is 1850 g/mol. The van der Waals surface area contributed by atoms with E-state index in [1.54, 1.807) is 126 Å². The van der Waals surface area contributed by atoms with Gasteiger partial charge >= 0.3 is 5.97 Å². The number of nitrogens with two attached hydrogens (primary N) is 4. The van der Waals surface area contributed by atoms with E-state index < -0.39 is 240 Å². The number of para-hydroxylation sites is 2. The van der Waals surface area contributed by atoms with E-state index in [-0.39, 0.29) is 57.2 Å². The number of carbonyl (C=O) groups is 16. The molecule has 0 bridgehead atoms. The van der Waals surface area contributed by atoms with Crippen molar-refractivity contribution in [1.82, 2.24) is 93.1 Å². The fourth-order valence-electron chi connectivity index (χ4n) is 14.3. The molecule has 1 unspecified atom stereocenters. The number of carbonyl (C=O) groups excluding carboxylic acids is 14. The van der Waals surface area contributed by atoms with Crippen molar-refractivity contribution in [1.29, 1.82) is 5.41 Å². The van der Waals surface area contributed by atoms with E-state index >= 15 is 24.0 Å². The number of carboxylic acids is 2. The van der Waals surface area contributed by atoms with Crippen LogP contribution in [0.1, 0.15) is 123 Å². The number of aromatic hydroxyl groups is 1. The number of H-pyrrole nitrogens is 2. The van der Waals surface area contributed by atoms with Gasteiger partial charge in [-0.3, -0.25) is 87.4 Å². The third kappa shape index (κ3) is 32.7. The van der Waals surface area contributed by atoms with Crippen molar-refractivity contribution in [3.05, 3.63) is 120 Å². The Labute approximate surface area is 758 Å². The number of aromatic amines is 2. The summed E-state index contributed by atoms with van der Waals surface area (Å²) in [6.45, 7) is 11.6. The minimum absolute atomic E-state index is 0.0191. The Morgan fingerprint density at radius 1 is 0.669 bits per heavy atom. The number of nitrogens with one attached hydrogen (secondary N) is 15. The Kier molecular flexibility index (Phi) is 41.8. The van der Waals surface area contributed by atoms with Gasteiger partial charge in [-0.05, 0) is 97.7 Å². The molecule has 43 nitrogen and oxygen atoms in total. The van der Waals surface area contributed by atoms with E-state index in [4.69, 9.17) is 38.2 Å². The summed E-state index contributed by atoms with van der Waals surface area (Å²) >= 11 is 0. The molecule has 710 valence electrons. The number of carboxylic acid groups (broad SMARTS) is 2. The zero-order valence-corrected chi connectivity index (χ0v) is 76.0. The topological polar surface area (TPSA) is 682 Å². The third-order valence-electron chi connectivity index (χ3n) is 21.8. The lowest BCUT2D eigenvalue weighted by atomic mass is 9.96. The number of aliphatic carboxylic acids is 2. The summed E-state index contributed by atoms with van der Waals surface area (Å²) in [7, 11) is 6.02. The standard InChI is InChI=1S/C83H119N23O18S2.C2H4O2/c1-11-43(5)68(103-72(114)53(84)30-46-23-25-50(107)26-24-46)80(122)100-61-39-125-126-40-62(82(124)106(10)69(70(86)112)44(6)12-2)101-73(115)55(21-17-29-90-83(87)88)94-76(118)58(33-49-36-89-41-92-49)96-71(113)45(7)93-65(109)38-105(9)81(123)60(31-47-35-91-54-20-15-13-18-51(47)54)99-77(119)59(34-66(110)111)97-74(116)56(27-28-64(85)108)95-75(117)57(98-79(121)67(42(3)4)102-78(61)120)32-48-37-104(8)63-22-16-14-19-52(48)63;1-2(3)4/h13-16,18-20,22-26,35-37,41-45,53,55-62,67-69,79,91,98,107,121H,11-12,17,21,27-34,38-40,84H2,1-10H3,(H2,85,108)(H2,86,112)(H,89,92)(H,93,109)(H,94,118)(H,95,117)(H,96,113)(H,97,116)(H,99,119)(H,100,122)(H,101,115)(H,102,120)(H,103,114)(H,110,111)(H4,87,88,90);1H3,(H,3,4)/t43-,44-,45-,53+,55-,56-,57-,58-,59-,60-,61-,62-,67-,68-,69-,79?;/m0./s1. The van der Waals surface area contributed by atoms with Crippen molar-refractivity contribution in [3.63, 3.8) is 0 Å². The van der Waals surface area contributed by atoms with Crippen molar-refractivity contribution in [3.8, 4) is 5.75 Å². The Morgan fingerprint density at radius 3 is 1.86 bits per heavy atom. The van der Waals surface area contributed by atoms with Gasteiger partial charge in [0.15, 0.2) is 5.96 Å². The molecule has 0 spiro atoms. The van der Waals surface area contributed by atoms with Crippen LogP contribution in [0.3, 0.4) is 0 Å². The number of fused-ring (bicyclic) bond motifs is 2. The second-order valence-corrected chi connectivity index (χ2v) is 34.9. The fraction of sp³-hybridized carbons (Fsp3) is 0.506. The number of amides is 14. The summed E-state index contributed by atoms with van der Waals surface area (Å²) in [5.41, 5.74) is 26.8. The highest BCUT2D eigenvalue weighted by atomic mass is 33.1. The Balaban J connectivity index is 0.00000637. The van der Waals surface area contributed by atoms with E-state index in [0.29, 0.717) is 50.6 Å². The predicted molar refractivity (Wildman–Crippen MR) is 484 cm³/mol. The maximum Gasteiger partial charge on any atom is 0.305 e. The predicted octanol–water partition coefficient (Wildman–Crippen LogP) is -2.16. The van der Waals surface area contributed by atoms with Gasteiger partial charge in [0.1, 0.15) is 72.4 Å². The first kappa shape index (κ1) is 106. The molecule has 7 rings (SSSR count). The number of rotatable bonds is 29. The Morgan fingerprint density at radius 2 is 1.25 bits per heavy atom. The molecular formula is C85H123N23O20S2. The number of benzene rings is 3. The summed E-state index contributed by atoms with van der Waals surface area (Å²) < 4.78 is 1.77. The Bertz CT molecular complexity index is 4930. The van der Waals surface area contributed by atoms with E-state index in [9.17, 15) is 63.3 Å². The lowest BCUT2D eigenvalue weighted by molar-refractivity contribution is -0.142. The molecule has 4 heterocycles. The normalized spacial score (nSPS) is 22.0. The van der Waals surface area contributed by atoms with Crippen LogP contribution in [-0.4, -0.2) is 274 Å². The molecule has 1 aliphatic heterocycles. The van der Waals surface area contributed by atoms with Crippen LogP contribution in [0.15, 0.2) is 97.7 Å². The number of guanidine groups is 1. The van der Waals surface area contributed by atoms with Gasteiger partial charge in [0.2, 0.25) is 82.7 Å². The maximum atomic E-state index is 15.5. The number of hydrogen-bond acceptors (Lipinski definition) is 24. The summed E-state index contributed by atoms with van der Waals surface area (Å²) in [5.74, 6) is -19.5. The van der Waals surface area contributed by atoms with Crippen molar-refractivity contribution in [2.75, 3.05) is 38.7 Å². The van der Waals surface area contributed by atoms with E-state index in [1.807, 2.05) is 0 Å². The van der Waals surface area contributed by atoms with Crippen LogP contribution in [0, 0.1) is 23.2 Å². The maximum absolute atomic E-state index is 15.5. The minimum Gasteiger partial charge on any atom is -0.508 e. The van der Waals surface area contributed by atoms with Crippen LogP contribution in [0.5, 0.6) is 5.75 Å². The second-order valence-electron chi connectivity index (χ2n) is 32.4. The van der Waals surface area contributed by atoms with E-state index in [2.05, 4.69) is 78.8 Å². The molecule has 14 amide bonds. The number of primary amides is 2. The van der Waals surface area contributed by atoms with Crippen molar-refractivity contribution < 1.29 is 97.1 Å². The molecule has 3 aromatic heterocycles. The molecule has 0 aliphatic carbocycles. The first-order valence-electron chi connectivity index (χ1n) is 42.3. The van der Waals surface area contributed by atoms with Crippen molar-refractivity contribution in [2.24, 2.45) is 47.7 Å². The van der Waals surface area contributed by atoms with Crippen LogP contribution in [-0.2, 0) is 109 Å². The van der Waals surface area contributed by atoms with Gasteiger partial charge in [0, 0.05) is 111 Å². The van der Waals surface area contributed by atoms with Gasteiger partial charge in [-0.2, -0.15) is 0 Å². The van der Waals surface area contributed by atoms with Crippen LogP contribution < -0.4 is 86.7 Å². The number of aliphatic hydroxyl groups excluding tert-OH is 1. The largest absolute Gasteiger partial charge is 0.508 e. The third-order valence-corrected chi connectivity index (χ3v) is 24.2. The number of phenolic OH excluding ortho intramolecular Hbond substituents is 1. The average Bonchev–Trinajstić information content (AvgIpc) is 1.65. The van der Waals surface area contributed by atoms with Gasteiger partial charge in [-0.15, -0.1) is 0 Å². The molecule has 16 atom stereocenters. The van der Waals surface area contributed by atoms with Crippen LogP contribution >= 0.6 is 21.6 Å². The second kappa shape index (κ2) is 51.3. The summed E-state index contributed by atoms with van der Waals surface area (Å²) in [5, 5.41) is 81.4. The van der Waals surface area contributed by atoms with E-state index in [0.717, 1.165) is 38.3 Å². The zero-order chi connectivity index (χ0) is 96.5. The monoisotopic (exact) mass is 1850 g/mol. The number of imidazole rings is 1. The summed E-state index contributed by atoms with van der Waals surface area (Å²) in [6.07, 6.45) is 1.10. The van der Waals surface area contributed by atoms with Crippen LogP contribution in [0.2, 0.25) is 0 Å². The lowest BCUT2D eigenvalue weighted by Gasteiger charge is -2.34. The van der Waals surface area contributed by atoms with Crippen molar-refractivity contribution >= 4 is 144 Å². The highest BCUT2D eigenvalue weighted by Crippen LogP contribution is 2.28. The molecule has 6 aromatic rings. The molecule has 0 saturated carbocycles. The van der Waals surface area contributed by atoms with Gasteiger partial charge < -0.3 is 126 Å². The smallest absolute Gasteiger partial charge is 0.305 e. The number of aromatic nitrogens is 4. The highest BCUT2D eigenvalue weighted by molar-refractivity contribution is 8.76. The van der Waals surface area contributed by atoms with Crippen molar-refractivity contribution in [2.45, 2.75) is 211 Å². The van der Waals surface area contributed by atoms with Gasteiger partial charge in [0.05, 0.1) is 37.4 Å². The molecule has 27 N–H and O–H groups in total. The van der Waals surface area contributed by atoms with E-state index in [1.165, 1.54) is 45.7 Å². The number of likely N-dealkylation sites (N-methyl/N-ethyl adjacent to an activating group) is 2. The lowest BCUT2D eigenvalue weighted by Crippen LogP contribution is -2.63. The molecule has 1 aliphatic rings. The number of aryl methyl sites for hydroxylation is 1. The molecule has 1 saturated heterocycles. The quantitative estimate of drug-likeness (QED) is 0.0103. The molecule has 1 fully saturated rings. The SMILES string of the molecule is CC(=O)O.CC[C@H](C)[C@H](NC(=O)[C@H](N)Cc1ccc(O)cc1)C(=O)N[C@H]1CSSC[C@@H](C(=O)N(C)[C@H](C(N)=O)[C@@H](C)CC)NC(=O)[C@H](CCCNC(=N)N)NC(=O)[C@H](Cc2cnc[nH]2)NC(=O)[C@H](C)NC(=O)CN(C)C(=O)[C@H](Cc2c[nH]c3ccccc23)NC(=O)[C@H](CC(=O)O)NC(=O)[C@H](CCC(N)=O)NC(=O)[C@H](Cc2cn(C)c3ccccc23)NC(O)[C@H](C(C)C)NC1=O. The molecule has 3 aromatic carbocycles. The van der Waals surface area contributed by atoms with Gasteiger partial charge in [0.25, 0.3) is 5.97 Å². The summed E-state index contributed by atoms with van der Waals surface area (Å²) in [6, 6.07) is -0.491. The molecule has 130 heavy (non-hydrogen) atoms. The molecule has 0 radical (unpaired) electrons. The molecule has 45 heteroatoms. The first-order chi connectivity index (χ1) is 61.4. The van der Waals surface area contributed by atoms with Crippen LogP contribution in [0.4, 0.5) is 0 Å².